The minimum absolute atomic E-state index is 0.390. The summed E-state index contributed by atoms with van der Waals surface area (Å²) in [5.74, 6) is 0. The Hall–Kier alpha value is -2.77. The Morgan fingerprint density at radius 2 is 1.95 bits per heavy atom. The molecule has 0 saturated heterocycles. The average Bonchev–Trinajstić information content (AvgIpc) is 2.55. The number of halogens is 1. The van der Waals surface area contributed by atoms with Gasteiger partial charge in [-0.2, -0.15) is 0 Å². The summed E-state index contributed by atoms with van der Waals surface area (Å²) < 4.78 is 0. The SMILES string of the molecule is C=C1C(CN[N+]#N)=CN(c2ccccc2)c2cc(Cl)ccc21. The van der Waals surface area contributed by atoms with E-state index in [1.165, 1.54) is 0 Å². The van der Waals surface area contributed by atoms with E-state index < -0.39 is 0 Å². The lowest BCUT2D eigenvalue weighted by atomic mass is 9.94. The number of para-hydroxylation sites is 1. The minimum atomic E-state index is 0.390. The second kappa shape index (κ2) is 5.92. The monoisotopic (exact) mass is 309 g/mol. The van der Waals surface area contributed by atoms with Gasteiger partial charge >= 0.3 is 5.08 Å². The molecule has 0 unspecified atom stereocenters. The van der Waals surface area contributed by atoms with Crippen molar-refractivity contribution in [2.45, 2.75) is 0 Å². The molecule has 0 atom stereocenters. The van der Waals surface area contributed by atoms with E-state index in [0.717, 1.165) is 28.1 Å². The van der Waals surface area contributed by atoms with Gasteiger partial charge in [-0.3, -0.25) is 0 Å². The predicted molar refractivity (Wildman–Crippen MR) is 90.2 cm³/mol. The largest absolute Gasteiger partial charge is 0.316 e. The first-order valence-corrected chi connectivity index (χ1v) is 7.19. The summed E-state index contributed by atoms with van der Waals surface area (Å²) in [5.41, 5.74) is 7.40. The van der Waals surface area contributed by atoms with Gasteiger partial charge in [0, 0.05) is 28.0 Å². The van der Waals surface area contributed by atoms with Gasteiger partial charge in [-0.1, -0.05) is 42.4 Å². The molecule has 2 aromatic carbocycles. The van der Waals surface area contributed by atoms with E-state index in [-0.39, 0.29) is 0 Å². The van der Waals surface area contributed by atoms with Crippen molar-refractivity contribution in [3.05, 3.63) is 82.6 Å². The van der Waals surface area contributed by atoms with Crippen LogP contribution in [0.3, 0.4) is 0 Å². The highest BCUT2D eigenvalue weighted by Crippen LogP contribution is 2.41. The van der Waals surface area contributed by atoms with E-state index in [0.29, 0.717) is 11.6 Å². The second-order valence-corrected chi connectivity index (χ2v) is 5.37. The van der Waals surface area contributed by atoms with Crippen LogP contribution in [0.15, 0.2) is 66.9 Å². The highest BCUT2D eigenvalue weighted by molar-refractivity contribution is 6.31. The van der Waals surface area contributed by atoms with Crippen molar-refractivity contribution >= 4 is 28.5 Å². The smallest absolute Gasteiger partial charge is 0.303 e. The Bertz CT molecular complexity index is 790. The molecule has 4 nitrogen and oxygen atoms in total. The van der Waals surface area contributed by atoms with Crippen LogP contribution in [0, 0.1) is 5.39 Å². The van der Waals surface area contributed by atoms with Gasteiger partial charge in [-0.05, 0) is 35.3 Å². The predicted octanol–water partition coefficient (Wildman–Crippen LogP) is 4.75. The molecule has 1 N–H and O–H groups in total. The molecule has 108 valence electrons. The highest BCUT2D eigenvalue weighted by atomic mass is 35.5. The summed E-state index contributed by atoms with van der Waals surface area (Å²) in [6.07, 6.45) is 1.98. The molecule has 1 aliphatic rings. The van der Waals surface area contributed by atoms with Crippen molar-refractivity contribution in [2.75, 3.05) is 11.4 Å². The molecule has 1 heterocycles. The van der Waals surface area contributed by atoms with Crippen molar-refractivity contribution in [1.29, 1.82) is 5.39 Å². The zero-order valence-electron chi connectivity index (χ0n) is 11.8. The number of anilines is 2. The van der Waals surface area contributed by atoms with Crippen LogP contribution < -0.4 is 10.3 Å². The molecule has 2 aromatic rings. The number of nitrogens with one attached hydrogen (secondary N) is 1. The van der Waals surface area contributed by atoms with Crippen molar-refractivity contribution in [1.82, 2.24) is 5.43 Å². The Balaban J connectivity index is 2.13. The van der Waals surface area contributed by atoms with Crippen LogP contribution in [-0.2, 0) is 0 Å². The van der Waals surface area contributed by atoms with E-state index in [1.807, 2.05) is 54.7 Å². The first-order valence-electron chi connectivity index (χ1n) is 6.82. The number of benzene rings is 2. The summed E-state index contributed by atoms with van der Waals surface area (Å²) >= 11 is 6.16. The molecule has 3 rings (SSSR count). The third-order valence-corrected chi connectivity index (χ3v) is 3.83. The molecule has 5 heteroatoms. The number of hydrogen-bond donors (Lipinski definition) is 1. The quantitative estimate of drug-likeness (QED) is 0.657. The fourth-order valence-electron chi connectivity index (χ4n) is 2.51. The van der Waals surface area contributed by atoms with Gasteiger partial charge in [0.1, 0.15) is 6.54 Å². The second-order valence-electron chi connectivity index (χ2n) is 4.93. The first kappa shape index (κ1) is 14.2. The van der Waals surface area contributed by atoms with Crippen molar-refractivity contribution < 1.29 is 0 Å². The number of nitrogens with zero attached hydrogens (tertiary/aromatic N) is 3. The van der Waals surface area contributed by atoms with Crippen LogP contribution in [0.4, 0.5) is 11.4 Å². The van der Waals surface area contributed by atoms with Gasteiger partial charge in [0.05, 0.1) is 5.69 Å². The van der Waals surface area contributed by atoms with E-state index in [1.54, 1.807) is 0 Å². The molecule has 0 aliphatic carbocycles. The van der Waals surface area contributed by atoms with Gasteiger partial charge in [0.2, 0.25) is 0 Å². The summed E-state index contributed by atoms with van der Waals surface area (Å²) in [4.78, 5) is 2.06. The third kappa shape index (κ3) is 2.54. The maximum absolute atomic E-state index is 8.62. The maximum Gasteiger partial charge on any atom is 0.303 e. The lowest BCUT2D eigenvalue weighted by molar-refractivity contribution is 0.917. The normalized spacial score (nSPS) is 13.2. The number of fused-ring (bicyclic) bond motifs is 1. The van der Waals surface area contributed by atoms with E-state index in [2.05, 4.69) is 22.0 Å². The Labute approximate surface area is 133 Å². The van der Waals surface area contributed by atoms with Crippen molar-refractivity contribution in [3.8, 4) is 0 Å². The molecule has 0 spiro atoms. The number of rotatable bonds is 3. The van der Waals surface area contributed by atoms with Crippen LogP contribution in [0.2, 0.25) is 5.02 Å². The molecule has 0 bridgehead atoms. The molecule has 1 aliphatic heterocycles. The molecule has 0 amide bonds. The van der Waals surface area contributed by atoms with Crippen LogP contribution in [0.25, 0.3) is 10.7 Å². The van der Waals surface area contributed by atoms with Crippen LogP contribution in [0.1, 0.15) is 5.56 Å². The Morgan fingerprint density at radius 1 is 1.18 bits per heavy atom. The van der Waals surface area contributed by atoms with Gasteiger partial charge < -0.3 is 4.90 Å². The summed E-state index contributed by atoms with van der Waals surface area (Å²) in [6.45, 7) is 4.54. The van der Waals surface area contributed by atoms with Gasteiger partial charge in [-0.25, -0.2) is 0 Å². The number of diazo groups is 1. The first-order chi connectivity index (χ1) is 10.7. The zero-order valence-corrected chi connectivity index (χ0v) is 12.6. The third-order valence-electron chi connectivity index (χ3n) is 3.59. The zero-order chi connectivity index (χ0) is 15.5. The lowest BCUT2D eigenvalue weighted by Gasteiger charge is -2.30. The summed E-state index contributed by atoms with van der Waals surface area (Å²) in [5, 5.41) is 12.3. The molecule has 0 radical (unpaired) electrons. The molecular weight excluding hydrogens is 296 g/mol. The fourth-order valence-corrected chi connectivity index (χ4v) is 2.68. The average molecular weight is 310 g/mol. The van der Waals surface area contributed by atoms with Crippen LogP contribution in [-0.4, -0.2) is 6.54 Å². The van der Waals surface area contributed by atoms with Crippen LogP contribution in [0.5, 0.6) is 0 Å². The fraction of sp³-hybridized carbons (Fsp3) is 0.0588. The van der Waals surface area contributed by atoms with E-state index in [4.69, 9.17) is 17.0 Å². The van der Waals surface area contributed by atoms with Gasteiger partial charge in [-0.15, -0.1) is 0 Å². The maximum atomic E-state index is 8.62. The van der Waals surface area contributed by atoms with Crippen LogP contribution >= 0.6 is 11.6 Å². The lowest BCUT2D eigenvalue weighted by Crippen LogP contribution is -2.20. The number of hydrogen-bond acceptors (Lipinski definition) is 3. The van der Waals surface area contributed by atoms with E-state index in [9.17, 15) is 0 Å². The Kier molecular flexibility index (Phi) is 3.82. The van der Waals surface area contributed by atoms with Gasteiger partial charge in [0.15, 0.2) is 0 Å². The van der Waals surface area contributed by atoms with E-state index >= 15 is 0 Å². The topological polar surface area (TPSA) is 43.4 Å². The Morgan fingerprint density at radius 3 is 2.68 bits per heavy atom. The summed E-state index contributed by atoms with van der Waals surface area (Å²) in [6, 6.07) is 15.7. The molecule has 0 aromatic heterocycles. The summed E-state index contributed by atoms with van der Waals surface area (Å²) in [7, 11) is 0. The molecule has 0 fully saturated rings. The van der Waals surface area contributed by atoms with Gasteiger partial charge in [0.25, 0.3) is 5.39 Å². The van der Waals surface area contributed by atoms with Crippen molar-refractivity contribution in [3.63, 3.8) is 0 Å². The highest BCUT2D eigenvalue weighted by Gasteiger charge is 2.23. The standard InChI is InChI=1S/C17H14ClN4/c1-12-13(10-20-21-19)11-22(15-5-3-2-4-6-15)17-9-14(18)7-8-16(12)17/h2-9,11,20H,1,10H2/q+1. The van der Waals surface area contributed by atoms with Crippen molar-refractivity contribution in [2.24, 2.45) is 0 Å². The minimum Gasteiger partial charge on any atom is -0.316 e. The molecular formula is C17H14ClN4+. The molecule has 0 saturated carbocycles. The molecule has 22 heavy (non-hydrogen) atoms.